The van der Waals surface area contributed by atoms with E-state index in [-0.39, 0.29) is 0 Å². The maximum absolute atomic E-state index is 11.7. The molecule has 0 spiro atoms. The molecule has 3 N–H and O–H groups in total. The van der Waals surface area contributed by atoms with E-state index in [0.717, 1.165) is 43.7 Å². The Labute approximate surface area is 119 Å². The molecule has 110 valence electrons. The monoisotopic (exact) mass is 278 g/mol. The summed E-state index contributed by atoms with van der Waals surface area (Å²) in [5, 5.41) is 3.32. The minimum absolute atomic E-state index is 0.359. The van der Waals surface area contributed by atoms with E-state index in [9.17, 15) is 4.79 Å². The number of rotatable bonds is 5. The molecule has 0 aliphatic carbocycles. The minimum Gasteiger partial charge on any atom is -0.465 e. The van der Waals surface area contributed by atoms with Crippen molar-refractivity contribution in [3.8, 4) is 0 Å². The van der Waals surface area contributed by atoms with Gasteiger partial charge in [0.2, 0.25) is 0 Å². The van der Waals surface area contributed by atoms with Crippen LogP contribution in [0.1, 0.15) is 35.2 Å². The van der Waals surface area contributed by atoms with Gasteiger partial charge in [-0.25, -0.2) is 4.79 Å². The fourth-order valence-corrected chi connectivity index (χ4v) is 2.43. The van der Waals surface area contributed by atoms with Gasteiger partial charge in [0, 0.05) is 24.5 Å². The third kappa shape index (κ3) is 3.42. The quantitative estimate of drug-likeness (QED) is 0.639. The number of nitrogens with one attached hydrogen (secondary N) is 1. The van der Waals surface area contributed by atoms with Gasteiger partial charge in [-0.1, -0.05) is 0 Å². The van der Waals surface area contributed by atoms with Gasteiger partial charge in [-0.3, -0.25) is 0 Å². The Hall–Kier alpha value is -1.75. The molecule has 1 atom stereocenters. The largest absolute Gasteiger partial charge is 0.465 e. The summed E-state index contributed by atoms with van der Waals surface area (Å²) in [6.45, 7) is 3.57. The number of esters is 1. The van der Waals surface area contributed by atoms with Crippen molar-refractivity contribution in [2.24, 2.45) is 0 Å². The Kier molecular flexibility index (Phi) is 4.84. The van der Waals surface area contributed by atoms with E-state index in [1.165, 1.54) is 7.11 Å². The van der Waals surface area contributed by atoms with Crippen LogP contribution in [-0.4, -0.2) is 32.3 Å². The number of carbonyl (C=O) groups excluding carboxylic acids is 1. The van der Waals surface area contributed by atoms with Crippen molar-refractivity contribution in [3.05, 3.63) is 23.3 Å². The number of ether oxygens (including phenoxy) is 2. The first-order valence-corrected chi connectivity index (χ1v) is 6.95. The van der Waals surface area contributed by atoms with Gasteiger partial charge in [0.1, 0.15) is 0 Å². The van der Waals surface area contributed by atoms with E-state index < -0.39 is 5.97 Å². The van der Waals surface area contributed by atoms with Crippen LogP contribution in [0.5, 0.6) is 0 Å². The molecule has 5 heteroatoms. The van der Waals surface area contributed by atoms with Crippen molar-refractivity contribution in [1.29, 1.82) is 0 Å². The summed E-state index contributed by atoms with van der Waals surface area (Å²) in [7, 11) is 1.36. The van der Waals surface area contributed by atoms with Crippen molar-refractivity contribution < 1.29 is 14.3 Å². The van der Waals surface area contributed by atoms with Crippen LogP contribution in [-0.2, 0) is 9.47 Å². The second-order valence-electron chi connectivity index (χ2n) is 5.10. The molecule has 0 radical (unpaired) electrons. The zero-order valence-corrected chi connectivity index (χ0v) is 12.1. The number of aryl methyl sites for hydroxylation is 1. The van der Waals surface area contributed by atoms with Crippen LogP contribution in [0, 0.1) is 6.92 Å². The van der Waals surface area contributed by atoms with Crippen LogP contribution in [0.4, 0.5) is 11.4 Å². The van der Waals surface area contributed by atoms with E-state index in [1.54, 1.807) is 6.07 Å². The van der Waals surface area contributed by atoms with Crippen LogP contribution in [0.2, 0.25) is 0 Å². The van der Waals surface area contributed by atoms with Crippen LogP contribution in [0.15, 0.2) is 12.1 Å². The van der Waals surface area contributed by atoms with Gasteiger partial charge in [0.25, 0.3) is 0 Å². The molecule has 1 saturated heterocycles. The lowest BCUT2D eigenvalue weighted by Crippen LogP contribution is -2.13. The molecule has 1 unspecified atom stereocenters. The van der Waals surface area contributed by atoms with Crippen molar-refractivity contribution >= 4 is 17.3 Å². The third-order valence-corrected chi connectivity index (χ3v) is 3.61. The van der Waals surface area contributed by atoms with Crippen LogP contribution in [0.3, 0.4) is 0 Å². The summed E-state index contributed by atoms with van der Waals surface area (Å²) in [6, 6.07) is 3.68. The van der Waals surface area contributed by atoms with Gasteiger partial charge in [-0.15, -0.1) is 0 Å². The Morgan fingerprint density at radius 2 is 2.35 bits per heavy atom. The lowest BCUT2D eigenvalue weighted by Gasteiger charge is -2.14. The second-order valence-corrected chi connectivity index (χ2v) is 5.10. The first-order chi connectivity index (χ1) is 9.61. The van der Waals surface area contributed by atoms with Crippen molar-refractivity contribution in [1.82, 2.24) is 0 Å². The van der Waals surface area contributed by atoms with Crippen LogP contribution < -0.4 is 11.1 Å². The van der Waals surface area contributed by atoms with E-state index in [1.807, 2.05) is 13.0 Å². The average Bonchev–Trinajstić information content (AvgIpc) is 2.95. The number of nitrogens with two attached hydrogens (primary N) is 1. The highest BCUT2D eigenvalue weighted by Crippen LogP contribution is 2.24. The van der Waals surface area contributed by atoms with Gasteiger partial charge < -0.3 is 20.5 Å². The highest BCUT2D eigenvalue weighted by Gasteiger charge is 2.16. The number of carbonyl (C=O) groups is 1. The van der Waals surface area contributed by atoms with E-state index in [4.69, 9.17) is 15.2 Å². The summed E-state index contributed by atoms with van der Waals surface area (Å²) in [5.41, 5.74) is 8.54. The van der Waals surface area contributed by atoms with Gasteiger partial charge in [0.15, 0.2) is 0 Å². The zero-order valence-electron chi connectivity index (χ0n) is 12.1. The molecule has 1 fully saturated rings. The third-order valence-electron chi connectivity index (χ3n) is 3.61. The van der Waals surface area contributed by atoms with Gasteiger partial charge in [-0.2, -0.15) is 0 Å². The summed E-state index contributed by atoms with van der Waals surface area (Å²) in [4.78, 5) is 11.7. The molecular formula is C15H22N2O3. The van der Waals surface area contributed by atoms with Gasteiger partial charge >= 0.3 is 5.97 Å². The van der Waals surface area contributed by atoms with E-state index >= 15 is 0 Å². The Morgan fingerprint density at radius 1 is 1.55 bits per heavy atom. The zero-order chi connectivity index (χ0) is 14.5. The van der Waals surface area contributed by atoms with Crippen molar-refractivity contribution in [3.63, 3.8) is 0 Å². The first kappa shape index (κ1) is 14.7. The molecule has 1 aliphatic rings. The van der Waals surface area contributed by atoms with Crippen molar-refractivity contribution in [2.45, 2.75) is 32.3 Å². The molecule has 0 saturated carbocycles. The topological polar surface area (TPSA) is 73.6 Å². The highest BCUT2D eigenvalue weighted by atomic mass is 16.5. The maximum Gasteiger partial charge on any atom is 0.340 e. The molecule has 0 bridgehead atoms. The fraction of sp³-hybridized carbons (Fsp3) is 0.533. The summed E-state index contributed by atoms with van der Waals surface area (Å²) < 4.78 is 10.3. The van der Waals surface area contributed by atoms with Crippen LogP contribution in [0.25, 0.3) is 0 Å². The number of methoxy groups -OCH3 is 1. The first-order valence-electron chi connectivity index (χ1n) is 6.95. The molecular weight excluding hydrogens is 256 g/mol. The molecule has 0 amide bonds. The number of anilines is 2. The highest BCUT2D eigenvalue weighted by molar-refractivity contribution is 5.97. The Balaban J connectivity index is 2.00. The lowest BCUT2D eigenvalue weighted by molar-refractivity contribution is 0.0602. The molecule has 1 heterocycles. The molecule has 2 rings (SSSR count). The van der Waals surface area contributed by atoms with E-state index in [0.29, 0.717) is 17.4 Å². The van der Waals surface area contributed by atoms with Gasteiger partial charge in [-0.05, 0) is 43.9 Å². The molecule has 1 aromatic carbocycles. The van der Waals surface area contributed by atoms with Crippen LogP contribution >= 0.6 is 0 Å². The molecule has 20 heavy (non-hydrogen) atoms. The Bertz CT molecular complexity index is 482. The second kappa shape index (κ2) is 6.61. The molecule has 0 aromatic heterocycles. The standard InChI is InChI=1S/C15H22N2O3/c1-10-8-11(9-13(14(10)16)15(18)19-2)17-6-5-12-4-3-7-20-12/h8-9,12,17H,3-7,16H2,1-2H3. The number of hydrogen-bond donors (Lipinski definition) is 2. The number of hydrogen-bond acceptors (Lipinski definition) is 5. The lowest BCUT2D eigenvalue weighted by atomic mass is 10.1. The van der Waals surface area contributed by atoms with Gasteiger partial charge in [0.05, 0.1) is 18.8 Å². The normalized spacial score (nSPS) is 18.0. The maximum atomic E-state index is 11.7. The molecule has 1 aromatic rings. The molecule has 5 nitrogen and oxygen atoms in total. The minimum atomic E-state index is -0.409. The van der Waals surface area contributed by atoms with E-state index in [2.05, 4.69) is 5.32 Å². The summed E-state index contributed by atoms with van der Waals surface area (Å²) in [5.74, 6) is -0.409. The number of nitrogen functional groups attached to an aromatic ring is 1. The van der Waals surface area contributed by atoms with Crippen molar-refractivity contribution in [2.75, 3.05) is 31.3 Å². The number of benzene rings is 1. The predicted molar refractivity (Wildman–Crippen MR) is 79.0 cm³/mol. The molecule has 1 aliphatic heterocycles. The smallest absolute Gasteiger partial charge is 0.340 e. The summed E-state index contributed by atoms with van der Waals surface area (Å²) >= 11 is 0. The Morgan fingerprint density at radius 3 is 3.00 bits per heavy atom. The average molecular weight is 278 g/mol. The summed E-state index contributed by atoms with van der Waals surface area (Å²) in [6.07, 6.45) is 3.61. The predicted octanol–water partition coefficient (Wildman–Crippen LogP) is 2.34. The SMILES string of the molecule is COC(=O)c1cc(NCCC2CCCO2)cc(C)c1N. The fourth-order valence-electron chi connectivity index (χ4n) is 2.43.